The van der Waals surface area contributed by atoms with E-state index in [1.807, 2.05) is 30.1 Å². The van der Waals surface area contributed by atoms with Crippen LogP contribution in [0.25, 0.3) is 0 Å². The Morgan fingerprint density at radius 3 is 3.05 bits per heavy atom. The first-order valence-corrected chi connectivity index (χ1v) is 7.59. The van der Waals surface area contributed by atoms with E-state index >= 15 is 0 Å². The molecule has 0 aliphatic carbocycles. The highest BCUT2D eigenvalue weighted by Gasteiger charge is 2.25. The predicted molar refractivity (Wildman–Crippen MR) is 81.6 cm³/mol. The first kappa shape index (κ1) is 13.6. The number of aromatic nitrogens is 2. The number of benzene rings is 1. The zero-order chi connectivity index (χ0) is 14.1. The van der Waals surface area contributed by atoms with Crippen molar-refractivity contribution in [1.29, 1.82) is 0 Å². The first-order valence-electron chi connectivity index (χ1n) is 6.80. The van der Waals surface area contributed by atoms with Gasteiger partial charge in [-0.3, -0.25) is 9.58 Å². The zero-order valence-electron chi connectivity index (χ0n) is 11.5. The van der Waals surface area contributed by atoms with Crippen LogP contribution < -0.4 is 0 Å². The normalized spacial score (nSPS) is 19.6. The van der Waals surface area contributed by atoms with E-state index < -0.39 is 0 Å². The molecule has 1 aliphatic heterocycles. The Labute approximate surface area is 127 Å². The lowest BCUT2D eigenvalue weighted by Gasteiger charge is -2.17. The lowest BCUT2D eigenvalue weighted by Crippen LogP contribution is -2.19. The fourth-order valence-electron chi connectivity index (χ4n) is 2.82. The van der Waals surface area contributed by atoms with Crippen molar-refractivity contribution in [1.82, 2.24) is 14.7 Å². The van der Waals surface area contributed by atoms with Crippen LogP contribution in [0.2, 0.25) is 0 Å². The Balaban J connectivity index is 1.67. The third-order valence-electron chi connectivity index (χ3n) is 3.89. The summed E-state index contributed by atoms with van der Waals surface area (Å²) in [6.45, 7) is 3.00. The summed E-state index contributed by atoms with van der Waals surface area (Å²) in [6.07, 6.45) is 5.25. The van der Waals surface area contributed by atoms with Crippen molar-refractivity contribution < 1.29 is 5.11 Å². The minimum absolute atomic E-state index is 0.325. The van der Waals surface area contributed by atoms with Gasteiger partial charge in [-0.15, -0.1) is 0 Å². The van der Waals surface area contributed by atoms with Crippen molar-refractivity contribution in [2.45, 2.75) is 18.9 Å². The Hall–Kier alpha value is -1.33. The number of hydrogen-bond acceptors (Lipinski definition) is 3. The number of aromatic hydroxyl groups is 1. The van der Waals surface area contributed by atoms with Crippen LogP contribution in [0.4, 0.5) is 0 Å². The number of aryl methyl sites for hydroxylation is 1. The molecular weight excluding hydrogens is 318 g/mol. The van der Waals surface area contributed by atoms with Gasteiger partial charge in [-0.1, -0.05) is 15.9 Å². The van der Waals surface area contributed by atoms with E-state index in [1.165, 1.54) is 12.0 Å². The van der Waals surface area contributed by atoms with Crippen molar-refractivity contribution in [3.63, 3.8) is 0 Å². The summed E-state index contributed by atoms with van der Waals surface area (Å²) in [7, 11) is 1.96. The van der Waals surface area contributed by atoms with Crippen molar-refractivity contribution in [2.75, 3.05) is 13.1 Å². The number of hydrogen-bond donors (Lipinski definition) is 1. The Morgan fingerprint density at radius 2 is 2.30 bits per heavy atom. The highest BCUT2D eigenvalue weighted by molar-refractivity contribution is 9.10. The summed E-state index contributed by atoms with van der Waals surface area (Å²) in [6, 6.07) is 5.44. The third kappa shape index (κ3) is 2.88. The van der Waals surface area contributed by atoms with Gasteiger partial charge in [0.2, 0.25) is 0 Å². The molecule has 2 heterocycles. The number of nitrogens with zero attached hydrogens (tertiary/aromatic N) is 3. The smallest absolute Gasteiger partial charge is 0.115 e. The molecule has 1 aliphatic rings. The molecule has 4 nitrogen and oxygen atoms in total. The number of likely N-dealkylation sites (tertiary alicyclic amines) is 1. The third-order valence-corrected chi connectivity index (χ3v) is 4.67. The lowest BCUT2D eigenvalue weighted by atomic mass is 10.0. The summed E-state index contributed by atoms with van der Waals surface area (Å²) in [5, 5.41) is 13.8. The topological polar surface area (TPSA) is 41.3 Å². The van der Waals surface area contributed by atoms with Crippen LogP contribution >= 0.6 is 15.9 Å². The molecular formula is C15H18BrN3O. The van der Waals surface area contributed by atoms with Crippen molar-refractivity contribution in [3.8, 4) is 5.75 Å². The quantitative estimate of drug-likeness (QED) is 0.937. The highest BCUT2D eigenvalue weighted by atomic mass is 79.9. The molecule has 0 spiro atoms. The van der Waals surface area contributed by atoms with Gasteiger partial charge in [-0.2, -0.15) is 5.10 Å². The molecule has 3 rings (SSSR count). The molecule has 1 fully saturated rings. The Kier molecular flexibility index (Phi) is 3.81. The molecule has 106 valence electrons. The number of phenolic OH excluding ortho intramolecular Hbond substituents is 1. The molecule has 1 aromatic heterocycles. The molecule has 0 amide bonds. The summed E-state index contributed by atoms with van der Waals surface area (Å²) in [4.78, 5) is 2.43. The molecule has 0 bridgehead atoms. The van der Waals surface area contributed by atoms with E-state index in [2.05, 4.69) is 32.1 Å². The van der Waals surface area contributed by atoms with Gasteiger partial charge < -0.3 is 5.11 Å². The van der Waals surface area contributed by atoms with Crippen LogP contribution in [-0.2, 0) is 13.6 Å². The van der Waals surface area contributed by atoms with Crippen LogP contribution in [0.1, 0.15) is 23.5 Å². The molecule has 5 heteroatoms. The van der Waals surface area contributed by atoms with Gasteiger partial charge in [-0.05, 0) is 42.3 Å². The van der Waals surface area contributed by atoms with Crippen LogP contribution in [0.15, 0.2) is 35.1 Å². The first-order chi connectivity index (χ1) is 9.61. The second-order valence-corrected chi connectivity index (χ2v) is 6.30. The molecule has 20 heavy (non-hydrogen) atoms. The molecule has 1 N–H and O–H groups in total. The lowest BCUT2D eigenvalue weighted by molar-refractivity contribution is 0.325. The fourth-order valence-corrected chi connectivity index (χ4v) is 3.19. The maximum absolute atomic E-state index is 9.59. The summed E-state index contributed by atoms with van der Waals surface area (Å²) in [5.41, 5.74) is 2.46. The molecule has 1 atom stereocenters. The SMILES string of the molecule is Cn1cc(C2CCN(Cc3cc(O)ccc3Br)C2)cn1. The molecule has 1 aromatic carbocycles. The summed E-state index contributed by atoms with van der Waals surface area (Å²) < 4.78 is 2.92. The van der Waals surface area contributed by atoms with Crippen LogP contribution in [-0.4, -0.2) is 32.9 Å². The zero-order valence-corrected chi connectivity index (χ0v) is 13.0. The van der Waals surface area contributed by atoms with Crippen LogP contribution in [0.5, 0.6) is 5.75 Å². The van der Waals surface area contributed by atoms with Crippen molar-refractivity contribution in [2.24, 2.45) is 7.05 Å². The predicted octanol–water partition coefficient (Wildman–Crippen LogP) is 2.88. The van der Waals surface area contributed by atoms with Gasteiger partial charge in [0.05, 0.1) is 6.20 Å². The van der Waals surface area contributed by atoms with Gasteiger partial charge >= 0.3 is 0 Å². The van der Waals surface area contributed by atoms with Gasteiger partial charge in [-0.25, -0.2) is 0 Å². The molecule has 2 aromatic rings. The number of halogens is 1. The van der Waals surface area contributed by atoms with Crippen molar-refractivity contribution in [3.05, 3.63) is 46.2 Å². The largest absolute Gasteiger partial charge is 0.508 e. The maximum atomic E-state index is 9.59. The standard InChI is InChI=1S/C15H18BrN3O/c1-18-8-13(7-17-18)11-4-5-19(9-11)10-12-6-14(20)2-3-15(12)16/h2-3,6-8,11,20H,4-5,9-10H2,1H3. The van der Waals surface area contributed by atoms with E-state index in [-0.39, 0.29) is 0 Å². The summed E-state index contributed by atoms with van der Waals surface area (Å²) in [5.74, 6) is 0.894. The second-order valence-electron chi connectivity index (χ2n) is 5.44. The van der Waals surface area contributed by atoms with Crippen molar-refractivity contribution >= 4 is 15.9 Å². The number of phenols is 1. The average molecular weight is 336 g/mol. The van der Waals surface area contributed by atoms with Gasteiger partial charge in [0.1, 0.15) is 5.75 Å². The van der Waals surface area contributed by atoms with Crippen LogP contribution in [0.3, 0.4) is 0 Å². The molecule has 1 unspecified atom stereocenters. The molecule has 0 radical (unpaired) electrons. The fraction of sp³-hybridized carbons (Fsp3) is 0.400. The maximum Gasteiger partial charge on any atom is 0.115 e. The highest BCUT2D eigenvalue weighted by Crippen LogP contribution is 2.30. The van der Waals surface area contributed by atoms with E-state index in [1.54, 1.807) is 6.07 Å². The Morgan fingerprint density at radius 1 is 1.45 bits per heavy atom. The van der Waals surface area contributed by atoms with E-state index in [9.17, 15) is 5.11 Å². The van der Waals surface area contributed by atoms with E-state index in [0.717, 1.165) is 29.7 Å². The molecule has 0 saturated carbocycles. The van der Waals surface area contributed by atoms with E-state index in [4.69, 9.17) is 0 Å². The van der Waals surface area contributed by atoms with Gasteiger partial charge in [0.15, 0.2) is 0 Å². The van der Waals surface area contributed by atoms with E-state index in [0.29, 0.717) is 11.7 Å². The van der Waals surface area contributed by atoms with Crippen LogP contribution in [0, 0.1) is 0 Å². The molecule has 1 saturated heterocycles. The second kappa shape index (κ2) is 5.58. The van der Waals surface area contributed by atoms with Gasteiger partial charge in [0.25, 0.3) is 0 Å². The monoisotopic (exact) mass is 335 g/mol. The Bertz CT molecular complexity index is 611. The minimum atomic E-state index is 0.325. The minimum Gasteiger partial charge on any atom is -0.508 e. The number of rotatable bonds is 3. The summed E-state index contributed by atoms with van der Waals surface area (Å²) >= 11 is 3.55. The average Bonchev–Trinajstić information content (AvgIpc) is 3.03. The van der Waals surface area contributed by atoms with Gasteiger partial charge in [0, 0.05) is 36.7 Å².